The first-order valence-corrected chi connectivity index (χ1v) is 16.9. The lowest BCUT2D eigenvalue weighted by atomic mass is 10.0. The molecule has 2 amide bonds. The zero-order chi connectivity index (χ0) is 31.7. The van der Waals surface area contributed by atoms with Crippen molar-refractivity contribution >= 4 is 55.1 Å². The second-order valence-electron chi connectivity index (χ2n) is 10.5. The average molecular weight is 697 g/mol. The first-order valence-electron chi connectivity index (χ1n) is 14.3. The highest BCUT2D eigenvalue weighted by atomic mass is 79.9. The Morgan fingerprint density at radius 1 is 0.864 bits per heavy atom. The van der Waals surface area contributed by atoms with Gasteiger partial charge in [0.1, 0.15) is 12.6 Å². The summed E-state index contributed by atoms with van der Waals surface area (Å²) in [5.74, 6) is -0.854. The minimum Gasteiger partial charge on any atom is -0.352 e. The number of rotatable bonds is 13. The molecular formula is C34H35BrClN3O4S. The van der Waals surface area contributed by atoms with Crippen LogP contribution in [0.1, 0.15) is 31.4 Å². The Kier molecular flexibility index (Phi) is 11.6. The predicted molar refractivity (Wildman–Crippen MR) is 179 cm³/mol. The van der Waals surface area contributed by atoms with Gasteiger partial charge in [-0.3, -0.25) is 13.9 Å². The van der Waals surface area contributed by atoms with Crippen LogP contribution in [0.3, 0.4) is 0 Å². The van der Waals surface area contributed by atoms with E-state index in [2.05, 4.69) is 21.2 Å². The summed E-state index contributed by atoms with van der Waals surface area (Å²) in [6, 6.07) is 30.2. The van der Waals surface area contributed by atoms with Gasteiger partial charge in [-0.1, -0.05) is 95.1 Å². The van der Waals surface area contributed by atoms with Crippen molar-refractivity contribution in [2.45, 2.75) is 50.2 Å². The van der Waals surface area contributed by atoms with Crippen LogP contribution in [-0.4, -0.2) is 43.8 Å². The van der Waals surface area contributed by atoms with Crippen LogP contribution in [0.4, 0.5) is 5.69 Å². The molecule has 4 rings (SSSR count). The fourth-order valence-electron chi connectivity index (χ4n) is 4.68. The molecule has 1 N–H and O–H groups in total. The Bertz CT molecular complexity index is 1660. The lowest BCUT2D eigenvalue weighted by Gasteiger charge is -2.34. The van der Waals surface area contributed by atoms with Gasteiger partial charge in [-0.05, 0) is 73.0 Å². The minimum absolute atomic E-state index is 0.0460. The molecule has 0 saturated carbocycles. The van der Waals surface area contributed by atoms with Gasteiger partial charge in [-0.2, -0.15) is 0 Å². The number of amides is 2. The van der Waals surface area contributed by atoms with Crippen LogP contribution >= 0.6 is 27.5 Å². The van der Waals surface area contributed by atoms with Crippen molar-refractivity contribution in [2.24, 2.45) is 0 Å². The molecule has 0 bridgehead atoms. The molecule has 10 heteroatoms. The molecule has 0 aliphatic heterocycles. The summed E-state index contributed by atoms with van der Waals surface area (Å²) in [6.07, 6.45) is 0.942. The first-order chi connectivity index (χ1) is 21.1. The number of nitrogens with one attached hydrogen (secondary N) is 1. The number of nitrogens with zero attached hydrogens (tertiary/aromatic N) is 2. The van der Waals surface area contributed by atoms with Gasteiger partial charge >= 0.3 is 0 Å². The summed E-state index contributed by atoms with van der Waals surface area (Å²) in [6.45, 7) is 3.39. The number of carbonyl (C=O) groups excluding carboxylic acids is 2. The van der Waals surface area contributed by atoms with Gasteiger partial charge in [0.05, 0.1) is 10.6 Å². The van der Waals surface area contributed by atoms with Crippen LogP contribution in [0.2, 0.25) is 5.02 Å². The zero-order valence-corrected chi connectivity index (χ0v) is 27.7. The van der Waals surface area contributed by atoms with Gasteiger partial charge in [0.15, 0.2) is 0 Å². The molecule has 7 nitrogen and oxygen atoms in total. The molecule has 0 unspecified atom stereocenters. The third-order valence-electron chi connectivity index (χ3n) is 7.24. The number of hydrogen-bond donors (Lipinski definition) is 1. The smallest absolute Gasteiger partial charge is 0.264 e. The first kappa shape index (κ1) is 33.2. The van der Waals surface area contributed by atoms with Crippen molar-refractivity contribution in [1.82, 2.24) is 10.2 Å². The van der Waals surface area contributed by atoms with Gasteiger partial charge in [0.2, 0.25) is 11.8 Å². The second kappa shape index (κ2) is 15.4. The Balaban J connectivity index is 1.80. The summed E-state index contributed by atoms with van der Waals surface area (Å²) in [7, 11) is -4.15. The maximum Gasteiger partial charge on any atom is 0.264 e. The second-order valence-corrected chi connectivity index (χ2v) is 13.7. The molecule has 0 aliphatic carbocycles. The Morgan fingerprint density at radius 3 is 2.09 bits per heavy atom. The number of carbonyl (C=O) groups is 2. The van der Waals surface area contributed by atoms with Crippen LogP contribution in [0.5, 0.6) is 0 Å². The van der Waals surface area contributed by atoms with E-state index in [4.69, 9.17) is 11.6 Å². The van der Waals surface area contributed by atoms with Crippen LogP contribution in [0.25, 0.3) is 0 Å². The van der Waals surface area contributed by atoms with E-state index < -0.39 is 28.5 Å². The van der Waals surface area contributed by atoms with E-state index in [0.29, 0.717) is 22.7 Å². The van der Waals surface area contributed by atoms with Crippen LogP contribution in [0, 0.1) is 0 Å². The van der Waals surface area contributed by atoms with Crippen molar-refractivity contribution in [2.75, 3.05) is 10.8 Å². The maximum atomic E-state index is 14.5. The van der Waals surface area contributed by atoms with E-state index in [-0.39, 0.29) is 29.8 Å². The fourth-order valence-corrected chi connectivity index (χ4v) is 6.60. The highest BCUT2D eigenvalue weighted by Crippen LogP contribution is 2.26. The lowest BCUT2D eigenvalue weighted by molar-refractivity contribution is -0.140. The molecule has 0 spiro atoms. The number of sulfonamides is 1. The molecule has 0 fully saturated rings. The van der Waals surface area contributed by atoms with Gasteiger partial charge in [-0.15, -0.1) is 0 Å². The molecule has 44 heavy (non-hydrogen) atoms. The summed E-state index contributed by atoms with van der Waals surface area (Å²) in [5, 5.41) is 3.52. The maximum absolute atomic E-state index is 14.5. The molecule has 0 radical (unpaired) electrons. The van der Waals surface area contributed by atoms with E-state index >= 15 is 0 Å². The van der Waals surface area contributed by atoms with Crippen LogP contribution in [0.15, 0.2) is 119 Å². The van der Waals surface area contributed by atoms with Crippen molar-refractivity contribution in [1.29, 1.82) is 0 Å². The van der Waals surface area contributed by atoms with E-state index in [9.17, 15) is 18.0 Å². The molecule has 230 valence electrons. The van der Waals surface area contributed by atoms with Crippen molar-refractivity contribution in [3.05, 3.63) is 130 Å². The molecule has 4 aromatic rings. The fraction of sp³-hybridized carbons (Fsp3) is 0.235. The van der Waals surface area contributed by atoms with Crippen molar-refractivity contribution < 1.29 is 18.0 Å². The zero-order valence-electron chi connectivity index (χ0n) is 24.6. The standard InChI is InChI=1S/C34H35BrClN3O4S/c1-3-25(2)37-34(41)32(22-26-11-6-4-7-12-26)38(23-27-13-10-14-29(36)21-27)33(40)24-39(30-19-17-28(35)18-20-30)44(42,43)31-15-8-5-9-16-31/h4-21,25,32H,3,22-24H2,1-2H3,(H,37,41)/t25-,32+/m1/s1. The minimum atomic E-state index is -4.15. The third kappa shape index (κ3) is 8.71. The molecular weight excluding hydrogens is 662 g/mol. The Hall–Kier alpha value is -3.66. The van der Waals surface area contributed by atoms with E-state index in [1.165, 1.54) is 17.0 Å². The molecule has 0 saturated heterocycles. The number of halogens is 2. The van der Waals surface area contributed by atoms with Gasteiger partial charge in [0, 0.05) is 28.5 Å². The molecule has 0 heterocycles. The summed E-state index contributed by atoms with van der Waals surface area (Å²) in [4.78, 5) is 29.8. The van der Waals surface area contributed by atoms with E-state index in [1.54, 1.807) is 60.7 Å². The van der Waals surface area contributed by atoms with Crippen LogP contribution in [-0.2, 0) is 32.6 Å². The lowest BCUT2D eigenvalue weighted by Crippen LogP contribution is -2.54. The van der Waals surface area contributed by atoms with E-state index in [1.807, 2.05) is 50.2 Å². The topological polar surface area (TPSA) is 86.8 Å². The number of benzene rings is 4. The summed E-state index contributed by atoms with van der Waals surface area (Å²) < 4.78 is 29.9. The molecule has 2 atom stereocenters. The quantitative estimate of drug-likeness (QED) is 0.166. The van der Waals surface area contributed by atoms with Gasteiger partial charge < -0.3 is 10.2 Å². The number of hydrogen-bond acceptors (Lipinski definition) is 4. The summed E-state index contributed by atoms with van der Waals surface area (Å²) in [5.41, 5.74) is 1.89. The number of anilines is 1. The Labute approximate surface area is 273 Å². The highest BCUT2D eigenvalue weighted by Gasteiger charge is 2.35. The molecule has 0 aliphatic rings. The monoisotopic (exact) mass is 695 g/mol. The molecule has 0 aromatic heterocycles. The highest BCUT2D eigenvalue weighted by molar-refractivity contribution is 9.10. The van der Waals surface area contributed by atoms with Crippen LogP contribution < -0.4 is 9.62 Å². The summed E-state index contributed by atoms with van der Waals surface area (Å²) >= 11 is 9.70. The van der Waals surface area contributed by atoms with Crippen molar-refractivity contribution in [3.63, 3.8) is 0 Å². The molecule has 4 aromatic carbocycles. The van der Waals surface area contributed by atoms with Gasteiger partial charge in [0.25, 0.3) is 10.0 Å². The normalized spacial score (nSPS) is 12.6. The van der Waals surface area contributed by atoms with Gasteiger partial charge in [-0.25, -0.2) is 8.42 Å². The van der Waals surface area contributed by atoms with Crippen molar-refractivity contribution in [3.8, 4) is 0 Å². The van der Waals surface area contributed by atoms with E-state index in [0.717, 1.165) is 14.3 Å². The Morgan fingerprint density at radius 2 is 1.48 bits per heavy atom. The third-order valence-corrected chi connectivity index (χ3v) is 9.79. The average Bonchev–Trinajstić information content (AvgIpc) is 3.02. The largest absolute Gasteiger partial charge is 0.352 e. The SMILES string of the molecule is CC[C@@H](C)NC(=O)[C@H](Cc1ccccc1)N(Cc1cccc(Cl)c1)C(=O)CN(c1ccc(Br)cc1)S(=O)(=O)c1ccccc1. The predicted octanol–water partition coefficient (Wildman–Crippen LogP) is 6.85.